The van der Waals surface area contributed by atoms with E-state index in [1.807, 2.05) is 7.05 Å². The van der Waals surface area contributed by atoms with Crippen LogP contribution >= 0.6 is 0 Å². The van der Waals surface area contributed by atoms with Crippen LogP contribution in [0.5, 0.6) is 0 Å². The second-order valence-electron chi connectivity index (χ2n) is 7.69. The lowest BCUT2D eigenvalue weighted by molar-refractivity contribution is 0.0622. The number of likely N-dealkylation sites (tertiary alicyclic amines) is 2. The summed E-state index contributed by atoms with van der Waals surface area (Å²) in [6.07, 6.45) is 6.74. The summed E-state index contributed by atoms with van der Waals surface area (Å²) in [7, 11) is 1.83. The van der Waals surface area contributed by atoms with E-state index in [9.17, 15) is 9.90 Å². The zero-order chi connectivity index (χ0) is 18.4. The Hall–Kier alpha value is -1.44. The summed E-state index contributed by atoms with van der Waals surface area (Å²) in [5, 5.41) is 13.7. The molecule has 2 fully saturated rings. The maximum absolute atomic E-state index is 12.6. The third-order valence-corrected chi connectivity index (χ3v) is 5.44. The van der Waals surface area contributed by atoms with Gasteiger partial charge in [0.15, 0.2) is 11.5 Å². The van der Waals surface area contributed by atoms with E-state index in [4.69, 9.17) is 4.52 Å². The van der Waals surface area contributed by atoms with Crippen LogP contribution in [0.2, 0.25) is 0 Å². The van der Waals surface area contributed by atoms with E-state index in [0.29, 0.717) is 31.1 Å². The van der Waals surface area contributed by atoms with Gasteiger partial charge in [0.05, 0.1) is 12.6 Å². The molecule has 1 N–H and O–H groups in total. The molecular weight excluding hydrogens is 332 g/mol. The lowest BCUT2D eigenvalue weighted by Gasteiger charge is -2.28. The average Bonchev–Trinajstić information content (AvgIpc) is 2.93. The average molecular weight is 364 g/mol. The molecule has 0 saturated carbocycles. The van der Waals surface area contributed by atoms with E-state index in [2.05, 4.69) is 15.0 Å². The minimum atomic E-state index is -0.266. The van der Waals surface area contributed by atoms with Gasteiger partial charge in [0, 0.05) is 32.7 Å². The first-order valence-corrected chi connectivity index (χ1v) is 9.95. The fourth-order valence-electron chi connectivity index (χ4n) is 3.83. The molecule has 2 aliphatic heterocycles. The number of aromatic nitrogens is 1. The maximum atomic E-state index is 12.6. The number of carbonyl (C=O) groups is 1. The lowest BCUT2D eigenvalue weighted by Crippen LogP contribution is -2.37. The molecule has 26 heavy (non-hydrogen) atoms. The standard InChI is InChI=1S/C19H32N4O3/c1-21(11-12-22-8-4-2-3-5-9-22)19(25)18-13-17(26-20-18)15-23-10-6-7-16(24)14-23/h13,16,24H,2-12,14-15H2,1H3/t16-/m0/s1. The zero-order valence-corrected chi connectivity index (χ0v) is 15.9. The first-order valence-electron chi connectivity index (χ1n) is 9.95. The predicted molar refractivity (Wildman–Crippen MR) is 98.9 cm³/mol. The van der Waals surface area contributed by atoms with Crippen molar-refractivity contribution in [1.29, 1.82) is 0 Å². The Kier molecular flexibility index (Phi) is 7.05. The molecule has 2 saturated heterocycles. The summed E-state index contributed by atoms with van der Waals surface area (Å²) >= 11 is 0. The molecule has 0 aromatic carbocycles. The highest BCUT2D eigenvalue weighted by molar-refractivity contribution is 5.92. The molecule has 0 spiro atoms. The Morgan fingerprint density at radius 1 is 1.23 bits per heavy atom. The van der Waals surface area contributed by atoms with E-state index in [1.54, 1.807) is 11.0 Å². The highest BCUT2D eigenvalue weighted by Crippen LogP contribution is 2.15. The molecule has 3 rings (SSSR count). The van der Waals surface area contributed by atoms with E-state index in [0.717, 1.165) is 39.0 Å². The number of aliphatic hydroxyl groups is 1. The number of hydrogen-bond donors (Lipinski definition) is 1. The van der Waals surface area contributed by atoms with Crippen molar-refractivity contribution in [1.82, 2.24) is 19.9 Å². The number of aliphatic hydroxyl groups excluding tert-OH is 1. The molecule has 0 bridgehead atoms. The molecule has 7 nitrogen and oxygen atoms in total. The molecule has 1 aromatic heterocycles. The monoisotopic (exact) mass is 364 g/mol. The fraction of sp³-hybridized carbons (Fsp3) is 0.789. The molecule has 1 amide bonds. The highest BCUT2D eigenvalue weighted by Gasteiger charge is 2.22. The van der Waals surface area contributed by atoms with Crippen molar-refractivity contribution in [2.75, 3.05) is 46.3 Å². The minimum Gasteiger partial charge on any atom is -0.392 e. The van der Waals surface area contributed by atoms with Gasteiger partial charge in [-0.15, -0.1) is 0 Å². The van der Waals surface area contributed by atoms with E-state index >= 15 is 0 Å². The summed E-state index contributed by atoms with van der Waals surface area (Å²) in [6, 6.07) is 1.74. The summed E-state index contributed by atoms with van der Waals surface area (Å²) < 4.78 is 5.35. The molecule has 1 atom stereocenters. The molecular formula is C19H32N4O3. The van der Waals surface area contributed by atoms with Crippen molar-refractivity contribution in [3.63, 3.8) is 0 Å². The first-order chi connectivity index (χ1) is 12.6. The van der Waals surface area contributed by atoms with Gasteiger partial charge >= 0.3 is 0 Å². The quantitative estimate of drug-likeness (QED) is 0.826. The van der Waals surface area contributed by atoms with Crippen LogP contribution in [0.3, 0.4) is 0 Å². The third kappa shape index (κ3) is 5.53. The Bertz CT molecular complexity index is 569. The van der Waals surface area contributed by atoms with E-state index in [1.165, 1.54) is 25.7 Å². The summed E-state index contributed by atoms with van der Waals surface area (Å²) in [5.74, 6) is 0.594. The summed E-state index contributed by atoms with van der Waals surface area (Å²) in [6.45, 7) is 6.08. The normalized spacial score (nSPS) is 22.9. The highest BCUT2D eigenvalue weighted by atomic mass is 16.5. The van der Waals surface area contributed by atoms with Crippen LogP contribution in [0, 0.1) is 0 Å². The number of likely N-dealkylation sites (N-methyl/N-ethyl adjacent to an activating group) is 1. The zero-order valence-electron chi connectivity index (χ0n) is 15.9. The van der Waals surface area contributed by atoms with E-state index in [-0.39, 0.29) is 12.0 Å². The minimum absolute atomic E-state index is 0.0894. The smallest absolute Gasteiger partial charge is 0.275 e. The lowest BCUT2D eigenvalue weighted by atomic mass is 10.1. The Balaban J connectivity index is 1.47. The van der Waals surface area contributed by atoms with Crippen molar-refractivity contribution in [3.05, 3.63) is 17.5 Å². The van der Waals surface area contributed by atoms with Crippen LogP contribution < -0.4 is 0 Å². The van der Waals surface area contributed by atoms with Gasteiger partial charge in [-0.25, -0.2) is 0 Å². The van der Waals surface area contributed by atoms with Crippen molar-refractivity contribution < 1.29 is 14.4 Å². The molecule has 2 aliphatic rings. The molecule has 146 valence electrons. The number of β-amino-alcohol motifs (C(OH)–C–C–N with tert-alkyl or cyclic N) is 1. The number of amides is 1. The Morgan fingerprint density at radius 3 is 2.69 bits per heavy atom. The number of rotatable bonds is 6. The van der Waals surface area contributed by atoms with Crippen LogP contribution in [-0.2, 0) is 6.54 Å². The van der Waals surface area contributed by atoms with Gasteiger partial charge < -0.3 is 19.4 Å². The first kappa shape index (κ1) is 19.3. The SMILES string of the molecule is CN(CCN1CCCCCC1)C(=O)c1cc(CN2CCC[C@H](O)C2)on1. The number of carbonyl (C=O) groups excluding carboxylic acids is 1. The van der Waals surface area contributed by atoms with Crippen LogP contribution in [0.25, 0.3) is 0 Å². The second kappa shape index (κ2) is 9.48. The molecule has 0 unspecified atom stereocenters. The second-order valence-corrected chi connectivity index (χ2v) is 7.69. The van der Waals surface area contributed by atoms with Crippen molar-refractivity contribution in [2.24, 2.45) is 0 Å². The van der Waals surface area contributed by atoms with Gasteiger partial charge in [0.1, 0.15) is 0 Å². The van der Waals surface area contributed by atoms with Crippen LogP contribution in [0.15, 0.2) is 10.6 Å². The van der Waals surface area contributed by atoms with Crippen LogP contribution in [0.1, 0.15) is 54.8 Å². The molecule has 7 heteroatoms. The number of piperidine rings is 1. The summed E-state index contributed by atoms with van der Waals surface area (Å²) in [5.41, 5.74) is 0.371. The molecule has 1 aromatic rings. The van der Waals surface area contributed by atoms with Crippen molar-refractivity contribution >= 4 is 5.91 Å². The third-order valence-electron chi connectivity index (χ3n) is 5.44. The Morgan fingerprint density at radius 2 is 1.96 bits per heavy atom. The molecule has 0 radical (unpaired) electrons. The van der Waals surface area contributed by atoms with Gasteiger partial charge in [-0.1, -0.05) is 18.0 Å². The maximum Gasteiger partial charge on any atom is 0.275 e. The van der Waals surface area contributed by atoms with Gasteiger partial charge in [-0.2, -0.15) is 0 Å². The van der Waals surface area contributed by atoms with Crippen molar-refractivity contribution in [2.45, 2.75) is 51.2 Å². The van der Waals surface area contributed by atoms with Gasteiger partial charge in [-0.3, -0.25) is 9.69 Å². The summed E-state index contributed by atoms with van der Waals surface area (Å²) in [4.78, 5) is 18.9. The van der Waals surface area contributed by atoms with Crippen molar-refractivity contribution in [3.8, 4) is 0 Å². The number of nitrogens with zero attached hydrogens (tertiary/aromatic N) is 4. The van der Waals surface area contributed by atoms with Gasteiger partial charge in [0.25, 0.3) is 5.91 Å². The molecule has 3 heterocycles. The van der Waals surface area contributed by atoms with E-state index < -0.39 is 0 Å². The molecule has 0 aliphatic carbocycles. The largest absolute Gasteiger partial charge is 0.392 e. The predicted octanol–water partition coefficient (Wildman–Crippen LogP) is 1.58. The topological polar surface area (TPSA) is 73.0 Å². The van der Waals surface area contributed by atoms with Gasteiger partial charge in [-0.05, 0) is 45.3 Å². The van der Waals surface area contributed by atoms with Crippen LogP contribution in [0.4, 0.5) is 0 Å². The Labute approximate surface area is 155 Å². The van der Waals surface area contributed by atoms with Gasteiger partial charge in [0.2, 0.25) is 0 Å². The van der Waals surface area contributed by atoms with Crippen LogP contribution in [-0.4, -0.2) is 83.3 Å². The fourth-order valence-corrected chi connectivity index (χ4v) is 3.83. The number of hydrogen-bond acceptors (Lipinski definition) is 6.